The summed E-state index contributed by atoms with van der Waals surface area (Å²) in [7, 11) is 1.78. The Hall–Kier alpha value is -1.67. The van der Waals surface area contributed by atoms with Crippen LogP contribution in [0.2, 0.25) is 0 Å². The molecule has 3 rings (SSSR count). The third-order valence-corrected chi connectivity index (χ3v) is 5.29. The van der Waals surface area contributed by atoms with Crippen LogP contribution in [-0.4, -0.2) is 41.6 Å². The highest BCUT2D eigenvalue weighted by molar-refractivity contribution is 14.1. The molecule has 0 unspecified atom stereocenters. The summed E-state index contributed by atoms with van der Waals surface area (Å²) in [5.74, 6) is 0.0785. The van der Waals surface area contributed by atoms with Gasteiger partial charge in [0, 0.05) is 50.0 Å². The minimum absolute atomic E-state index is 0.0161. The highest BCUT2D eigenvalue weighted by atomic mass is 127. The molecule has 5 nitrogen and oxygen atoms in total. The van der Waals surface area contributed by atoms with E-state index >= 15 is 0 Å². The highest BCUT2D eigenvalue weighted by Crippen LogP contribution is 2.24. The first-order chi connectivity index (χ1) is 11.5. The monoisotopic (exact) mass is 437 g/mol. The summed E-state index contributed by atoms with van der Waals surface area (Å²) in [5, 5.41) is 3.25. The summed E-state index contributed by atoms with van der Waals surface area (Å²) < 4.78 is 2.35. The molecule has 1 aliphatic heterocycles. The maximum Gasteiger partial charge on any atom is 0.263 e. The zero-order valence-electron chi connectivity index (χ0n) is 13.8. The van der Waals surface area contributed by atoms with Crippen LogP contribution in [0.4, 0.5) is 0 Å². The third-order valence-electron chi connectivity index (χ3n) is 4.52. The van der Waals surface area contributed by atoms with Gasteiger partial charge in [-0.05, 0) is 53.3 Å². The van der Waals surface area contributed by atoms with Crippen LogP contribution in [0.3, 0.4) is 0 Å². The average Bonchev–Trinajstić information content (AvgIpc) is 2.63. The lowest BCUT2D eigenvalue weighted by Gasteiger charge is -2.27. The van der Waals surface area contributed by atoms with Crippen molar-refractivity contribution >= 4 is 28.5 Å². The molecule has 126 valence electrons. The quantitative estimate of drug-likeness (QED) is 0.732. The molecule has 1 N–H and O–H groups in total. The molecule has 0 atom stereocenters. The first-order valence-electron chi connectivity index (χ1n) is 7.95. The van der Waals surface area contributed by atoms with Crippen molar-refractivity contribution in [3.05, 3.63) is 55.5 Å². The van der Waals surface area contributed by atoms with Crippen LogP contribution in [0.25, 0.3) is 11.1 Å². The van der Waals surface area contributed by atoms with Crippen molar-refractivity contribution < 1.29 is 4.79 Å². The van der Waals surface area contributed by atoms with Gasteiger partial charge in [0.1, 0.15) is 0 Å². The molecule has 0 saturated carbocycles. The summed E-state index contributed by atoms with van der Waals surface area (Å²) in [4.78, 5) is 26.4. The Balaban J connectivity index is 1.90. The van der Waals surface area contributed by atoms with Gasteiger partial charge < -0.3 is 14.8 Å². The van der Waals surface area contributed by atoms with E-state index in [9.17, 15) is 9.59 Å². The lowest BCUT2D eigenvalue weighted by atomic mass is 10.0. The van der Waals surface area contributed by atoms with E-state index in [1.54, 1.807) is 11.6 Å². The van der Waals surface area contributed by atoms with Crippen molar-refractivity contribution in [2.75, 3.05) is 26.2 Å². The van der Waals surface area contributed by atoms with Crippen molar-refractivity contribution in [3.8, 4) is 11.1 Å². The first-order valence-corrected chi connectivity index (χ1v) is 9.03. The molecule has 1 aliphatic rings. The van der Waals surface area contributed by atoms with Gasteiger partial charge in [-0.25, -0.2) is 0 Å². The van der Waals surface area contributed by atoms with Crippen LogP contribution in [0, 0.1) is 10.5 Å². The molecule has 0 radical (unpaired) electrons. The number of nitrogens with one attached hydrogen (secondary N) is 1. The summed E-state index contributed by atoms with van der Waals surface area (Å²) in [6.45, 7) is 5.13. The lowest BCUT2D eigenvalue weighted by molar-refractivity contribution is 0.0736. The minimum Gasteiger partial charge on any atom is -0.336 e. The second-order valence-electron chi connectivity index (χ2n) is 5.98. The molecule has 0 bridgehead atoms. The van der Waals surface area contributed by atoms with Gasteiger partial charge in [-0.1, -0.05) is 12.1 Å². The molecule has 2 aromatic rings. The molecule has 6 heteroatoms. The second-order valence-corrected chi connectivity index (χ2v) is 7.14. The number of halogens is 1. The Morgan fingerprint density at radius 2 is 1.79 bits per heavy atom. The molecule has 1 fully saturated rings. The predicted octanol–water partition coefficient (Wildman–Crippen LogP) is 2.01. The zero-order valence-corrected chi connectivity index (χ0v) is 16.0. The molecule has 1 saturated heterocycles. The molecule has 2 heterocycles. The molecule has 1 aromatic carbocycles. The Labute approximate surface area is 154 Å². The molecular weight excluding hydrogens is 417 g/mol. The number of nitrogens with zero attached hydrogens (tertiary/aromatic N) is 2. The van der Waals surface area contributed by atoms with E-state index in [1.807, 2.05) is 42.2 Å². The van der Waals surface area contributed by atoms with Gasteiger partial charge in [0.15, 0.2) is 0 Å². The van der Waals surface area contributed by atoms with Crippen molar-refractivity contribution in [1.82, 2.24) is 14.8 Å². The maximum absolute atomic E-state index is 12.5. The van der Waals surface area contributed by atoms with Crippen LogP contribution in [0.5, 0.6) is 0 Å². The molecule has 1 amide bonds. The van der Waals surface area contributed by atoms with Gasteiger partial charge in [0.2, 0.25) is 0 Å². The van der Waals surface area contributed by atoms with E-state index < -0.39 is 0 Å². The number of hydrogen-bond donors (Lipinski definition) is 1. The number of pyridine rings is 1. The zero-order chi connectivity index (χ0) is 17.3. The number of aromatic nitrogens is 1. The van der Waals surface area contributed by atoms with Crippen LogP contribution < -0.4 is 10.9 Å². The Morgan fingerprint density at radius 1 is 1.17 bits per heavy atom. The summed E-state index contributed by atoms with van der Waals surface area (Å²) >= 11 is 2.07. The molecule has 0 spiro atoms. The van der Waals surface area contributed by atoms with Crippen LogP contribution in [0.1, 0.15) is 16.1 Å². The SMILES string of the molecule is Cc1c(-c2ccc(C(=O)N3CCNCC3)cc2)cc(I)c(=O)n1C. The van der Waals surface area contributed by atoms with Gasteiger partial charge >= 0.3 is 0 Å². The fraction of sp³-hybridized carbons (Fsp3) is 0.333. The summed E-state index contributed by atoms with van der Waals surface area (Å²) in [6, 6.07) is 9.57. The van der Waals surface area contributed by atoms with Crippen molar-refractivity contribution in [2.45, 2.75) is 6.92 Å². The van der Waals surface area contributed by atoms with Gasteiger partial charge in [-0.3, -0.25) is 9.59 Å². The van der Waals surface area contributed by atoms with E-state index in [0.29, 0.717) is 9.13 Å². The highest BCUT2D eigenvalue weighted by Gasteiger charge is 2.18. The van der Waals surface area contributed by atoms with Crippen molar-refractivity contribution in [3.63, 3.8) is 0 Å². The van der Waals surface area contributed by atoms with Crippen LogP contribution >= 0.6 is 22.6 Å². The molecule has 24 heavy (non-hydrogen) atoms. The maximum atomic E-state index is 12.5. The van der Waals surface area contributed by atoms with E-state index in [2.05, 4.69) is 27.9 Å². The minimum atomic E-state index is 0.0161. The molecular formula is C18H20IN3O2. The fourth-order valence-electron chi connectivity index (χ4n) is 2.92. The molecule has 0 aliphatic carbocycles. The number of carbonyl (C=O) groups excluding carboxylic acids is 1. The van der Waals surface area contributed by atoms with Crippen molar-refractivity contribution in [2.24, 2.45) is 7.05 Å². The summed E-state index contributed by atoms with van der Waals surface area (Å²) in [6.07, 6.45) is 0. The van der Waals surface area contributed by atoms with E-state index in [4.69, 9.17) is 0 Å². The topological polar surface area (TPSA) is 54.3 Å². The average molecular weight is 437 g/mol. The summed E-state index contributed by atoms with van der Waals surface area (Å²) in [5.41, 5.74) is 3.67. The number of amides is 1. The number of carbonyl (C=O) groups is 1. The van der Waals surface area contributed by atoms with Gasteiger partial charge in [-0.2, -0.15) is 0 Å². The smallest absolute Gasteiger partial charge is 0.263 e. The van der Waals surface area contributed by atoms with Gasteiger partial charge in [0.25, 0.3) is 11.5 Å². The number of piperazine rings is 1. The largest absolute Gasteiger partial charge is 0.336 e. The number of rotatable bonds is 2. The van der Waals surface area contributed by atoms with Gasteiger partial charge in [0.05, 0.1) is 3.57 Å². The number of benzene rings is 1. The fourth-order valence-corrected chi connectivity index (χ4v) is 3.59. The Bertz CT molecular complexity index is 821. The second kappa shape index (κ2) is 7.06. The van der Waals surface area contributed by atoms with Crippen LogP contribution in [-0.2, 0) is 7.05 Å². The Morgan fingerprint density at radius 3 is 2.42 bits per heavy atom. The first kappa shape index (κ1) is 17.2. The van der Waals surface area contributed by atoms with Crippen molar-refractivity contribution in [1.29, 1.82) is 0 Å². The van der Waals surface area contributed by atoms with Gasteiger partial charge in [-0.15, -0.1) is 0 Å². The Kier molecular flexibility index (Phi) is 5.05. The number of hydrogen-bond acceptors (Lipinski definition) is 3. The standard InChI is InChI=1S/C18H20IN3O2/c1-12-15(11-16(19)18(24)21(12)2)13-3-5-14(6-4-13)17(23)22-9-7-20-8-10-22/h3-6,11,20H,7-10H2,1-2H3. The predicted molar refractivity (Wildman–Crippen MR) is 103 cm³/mol. The van der Waals surface area contributed by atoms with Crippen LogP contribution in [0.15, 0.2) is 35.1 Å². The van der Waals surface area contributed by atoms with E-state index in [1.165, 1.54) is 0 Å². The molecule has 1 aromatic heterocycles. The third kappa shape index (κ3) is 3.25. The lowest BCUT2D eigenvalue weighted by Crippen LogP contribution is -2.46. The normalized spacial score (nSPS) is 14.7. The van der Waals surface area contributed by atoms with E-state index in [-0.39, 0.29) is 11.5 Å². The van der Waals surface area contributed by atoms with E-state index in [0.717, 1.165) is 43.0 Å².